The Labute approximate surface area is 125 Å². The summed E-state index contributed by atoms with van der Waals surface area (Å²) in [5.74, 6) is -0.235. The third-order valence-corrected chi connectivity index (χ3v) is 4.91. The Balaban J connectivity index is 1.99. The number of pyridine rings is 1. The summed E-state index contributed by atoms with van der Waals surface area (Å²) in [6.45, 7) is 2.68. The van der Waals surface area contributed by atoms with Gasteiger partial charge in [0.1, 0.15) is 6.04 Å². The normalized spacial score (nSPS) is 20.2. The highest BCUT2D eigenvalue weighted by atomic mass is 32.2. The van der Waals surface area contributed by atoms with Crippen LogP contribution < -0.4 is 5.32 Å². The van der Waals surface area contributed by atoms with Crippen molar-refractivity contribution in [3.63, 3.8) is 0 Å². The first-order valence-corrected chi connectivity index (χ1v) is 8.89. The number of carbonyl (C=O) groups excluding carboxylic acids is 1. The highest BCUT2D eigenvalue weighted by Crippen LogP contribution is 2.20. The smallest absolute Gasteiger partial charge is 0.238 e. The van der Waals surface area contributed by atoms with Gasteiger partial charge >= 0.3 is 0 Å². The van der Waals surface area contributed by atoms with Crippen LogP contribution in [0.25, 0.3) is 0 Å². The molecule has 1 aromatic heterocycles. The first kappa shape index (κ1) is 15.9. The van der Waals surface area contributed by atoms with E-state index in [0.717, 1.165) is 30.4 Å². The van der Waals surface area contributed by atoms with Crippen molar-refractivity contribution in [1.29, 1.82) is 0 Å². The highest BCUT2D eigenvalue weighted by Gasteiger charge is 2.34. The van der Waals surface area contributed by atoms with Gasteiger partial charge in [0.15, 0.2) is 0 Å². The van der Waals surface area contributed by atoms with Crippen LogP contribution in [0, 0.1) is 6.92 Å². The van der Waals surface area contributed by atoms with E-state index in [1.165, 1.54) is 4.31 Å². The molecule has 2 rings (SSSR count). The maximum absolute atomic E-state index is 12.3. The Hall–Kier alpha value is -1.47. The van der Waals surface area contributed by atoms with Crippen LogP contribution >= 0.6 is 0 Å². The molecule has 1 amide bonds. The zero-order valence-corrected chi connectivity index (χ0v) is 13.2. The largest absolute Gasteiger partial charge is 0.351 e. The van der Waals surface area contributed by atoms with E-state index in [0.29, 0.717) is 19.5 Å². The predicted molar refractivity (Wildman–Crippen MR) is 80.0 cm³/mol. The van der Waals surface area contributed by atoms with Crippen LogP contribution in [-0.2, 0) is 21.4 Å². The molecule has 0 saturated carbocycles. The Morgan fingerprint density at radius 1 is 1.43 bits per heavy atom. The van der Waals surface area contributed by atoms with Crippen LogP contribution in [0.2, 0.25) is 0 Å². The summed E-state index contributed by atoms with van der Waals surface area (Å²) in [7, 11) is -3.35. The number of carbonyl (C=O) groups is 1. The average Bonchev–Trinajstić information content (AvgIpc) is 2.45. The SMILES string of the molecule is Cc1ccc(CNC(=O)[C@@H]2CCCCN2S(C)(=O)=O)cn1. The van der Waals surface area contributed by atoms with E-state index in [1.54, 1.807) is 6.20 Å². The number of rotatable bonds is 4. The van der Waals surface area contributed by atoms with E-state index in [4.69, 9.17) is 0 Å². The van der Waals surface area contributed by atoms with Crippen LogP contribution in [0.5, 0.6) is 0 Å². The van der Waals surface area contributed by atoms with Gasteiger partial charge in [0.05, 0.1) is 6.26 Å². The zero-order chi connectivity index (χ0) is 15.5. The van der Waals surface area contributed by atoms with Crippen molar-refractivity contribution in [3.05, 3.63) is 29.6 Å². The van der Waals surface area contributed by atoms with Crippen molar-refractivity contribution in [3.8, 4) is 0 Å². The summed E-state index contributed by atoms with van der Waals surface area (Å²) in [5.41, 5.74) is 1.82. The van der Waals surface area contributed by atoms with Crippen LogP contribution in [0.4, 0.5) is 0 Å². The standard InChI is InChI=1S/C14H21N3O3S/c1-11-6-7-12(9-15-11)10-16-14(18)13-5-3-4-8-17(13)21(2,19)20/h6-7,9,13H,3-5,8,10H2,1-2H3,(H,16,18)/t13-/m0/s1. The van der Waals surface area contributed by atoms with E-state index in [1.807, 2.05) is 19.1 Å². The molecule has 2 heterocycles. The predicted octanol–water partition coefficient (Wildman–Crippen LogP) is 0.820. The number of sulfonamides is 1. The lowest BCUT2D eigenvalue weighted by Crippen LogP contribution is -2.51. The number of nitrogens with one attached hydrogen (secondary N) is 1. The van der Waals surface area contributed by atoms with Crippen molar-refractivity contribution in [2.75, 3.05) is 12.8 Å². The van der Waals surface area contributed by atoms with Crippen molar-refractivity contribution < 1.29 is 13.2 Å². The van der Waals surface area contributed by atoms with Gasteiger partial charge in [-0.05, 0) is 31.4 Å². The number of aryl methyl sites for hydroxylation is 1. The van der Waals surface area contributed by atoms with E-state index in [2.05, 4.69) is 10.3 Å². The summed E-state index contributed by atoms with van der Waals surface area (Å²) in [6.07, 6.45) is 5.12. The second kappa shape index (κ2) is 6.53. The second-order valence-electron chi connectivity index (χ2n) is 5.41. The Morgan fingerprint density at radius 3 is 2.81 bits per heavy atom. The van der Waals surface area contributed by atoms with Gasteiger partial charge in [-0.3, -0.25) is 9.78 Å². The van der Waals surface area contributed by atoms with Gasteiger partial charge in [0.2, 0.25) is 15.9 Å². The topological polar surface area (TPSA) is 79.4 Å². The lowest BCUT2D eigenvalue weighted by Gasteiger charge is -2.32. The van der Waals surface area contributed by atoms with Crippen LogP contribution in [0.15, 0.2) is 18.3 Å². The van der Waals surface area contributed by atoms with Crippen molar-refractivity contribution in [1.82, 2.24) is 14.6 Å². The van der Waals surface area contributed by atoms with E-state index >= 15 is 0 Å². The number of hydrogen-bond acceptors (Lipinski definition) is 4. The fraction of sp³-hybridized carbons (Fsp3) is 0.571. The summed E-state index contributed by atoms with van der Waals surface area (Å²) in [6, 6.07) is 3.19. The number of nitrogens with zero attached hydrogens (tertiary/aromatic N) is 2. The number of amides is 1. The fourth-order valence-electron chi connectivity index (χ4n) is 2.47. The molecule has 1 aliphatic heterocycles. The summed E-state index contributed by atoms with van der Waals surface area (Å²) >= 11 is 0. The minimum absolute atomic E-state index is 0.235. The Bertz CT molecular complexity index is 598. The molecule has 0 unspecified atom stereocenters. The molecule has 0 aliphatic carbocycles. The molecule has 1 aliphatic rings. The van der Waals surface area contributed by atoms with Gasteiger partial charge in [-0.15, -0.1) is 0 Å². The van der Waals surface area contributed by atoms with Crippen molar-refractivity contribution in [2.45, 2.75) is 38.8 Å². The third kappa shape index (κ3) is 4.25. The Morgan fingerprint density at radius 2 is 2.19 bits per heavy atom. The molecule has 1 N–H and O–H groups in total. The van der Waals surface area contributed by atoms with Gasteiger partial charge in [0.25, 0.3) is 0 Å². The van der Waals surface area contributed by atoms with Crippen molar-refractivity contribution in [2.24, 2.45) is 0 Å². The maximum atomic E-state index is 12.3. The molecule has 0 aromatic carbocycles. The quantitative estimate of drug-likeness (QED) is 0.893. The van der Waals surface area contributed by atoms with Gasteiger partial charge in [0, 0.05) is 25.0 Å². The molecule has 21 heavy (non-hydrogen) atoms. The number of aromatic nitrogens is 1. The molecule has 116 valence electrons. The third-order valence-electron chi connectivity index (χ3n) is 3.62. The molecule has 6 nitrogen and oxygen atoms in total. The van der Waals surface area contributed by atoms with E-state index in [-0.39, 0.29) is 5.91 Å². The number of piperidine rings is 1. The highest BCUT2D eigenvalue weighted by molar-refractivity contribution is 7.88. The fourth-order valence-corrected chi connectivity index (χ4v) is 3.60. The monoisotopic (exact) mass is 311 g/mol. The molecular formula is C14H21N3O3S. The first-order valence-electron chi connectivity index (χ1n) is 7.04. The van der Waals surface area contributed by atoms with Crippen LogP contribution in [-0.4, -0.2) is 42.5 Å². The summed E-state index contributed by atoms with van der Waals surface area (Å²) < 4.78 is 24.8. The van der Waals surface area contributed by atoms with Gasteiger partial charge < -0.3 is 5.32 Å². The van der Waals surface area contributed by atoms with Gasteiger partial charge in [-0.1, -0.05) is 12.5 Å². The molecule has 1 fully saturated rings. The Kier molecular flexibility index (Phi) is 4.95. The van der Waals surface area contributed by atoms with Crippen LogP contribution in [0.3, 0.4) is 0 Å². The van der Waals surface area contributed by atoms with Gasteiger partial charge in [-0.25, -0.2) is 8.42 Å². The summed E-state index contributed by atoms with van der Waals surface area (Å²) in [4.78, 5) is 16.4. The second-order valence-corrected chi connectivity index (χ2v) is 7.35. The lowest BCUT2D eigenvalue weighted by molar-refractivity contribution is -0.125. The minimum Gasteiger partial charge on any atom is -0.351 e. The van der Waals surface area contributed by atoms with Gasteiger partial charge in [-0.2, -0.15) is 4.31 Å². The molecule has 1 aromatic rings. The lowest BCUT2D eigenvalue weighted by atomic mass is 10.0. The first-order chi connectivity index (χ1) is 9.88. The molecule has 1 saturated heterocycles. The maximum Gasteiger partial charge on any atom is 0.238 e. The summed E-state index contributed by atoms with van der Waals surface area (Å²) in [5, 5.41) is 2.81. The molecule has 7 heteroatoms. The molecular weight excluding hydrogens is 290 g/mol. The molecule has 0 spiro atoms. The molecule has 1 atom stereocenters. The molecule has 0 radical (unpaired) electrons. The average molecular weight is 311 g/mol. The van der Waals surface area contributed by atoms with Crippen LogP contribution in [0.1, 0.15) is 30.5 Å². The minimum atomic E-state index is -3.35. The molecule has 0 bridgehead atoms. The van der Waals surface area contributed by atoms with Crippen molar-refractivity contribution >= 4 is 15.9 Å². The number of hydrogen-bond donors (Lipinski definition) is 1. The van der Waals surface area contributed by atoms with E-state index in [9.17, 15) is 13.2 Å². The van der Waals surface area contributed by atoms with E-state index < -0.39 is 16.1 Å². The zero-order valence-electron chi connectivity index (χ0n) is 12.4.